The van der Waals surface area contributed by atoms with Gasteiger partial charge < -0.3 is 48.1 Å². The van der Waals surface area contributed by atoms with Crippen molar-refractivity contribution in [1.29, 1.82) is 0 Å². The smallest absolute Gasteiger partial charge is 0.245 e. The molecule has 1 aliphatic heterocycles. The molecule has 224 valence electrons. The van der Waals surface area contributed by atoms with Crippen LogP contribution in [0.1, 0.15) is 39.5 Å². The minimum absolute atomic E-state index is 0.182. The van der Waals surface area contributed by atoms with Crippen molar-refractivity contribution in [2.45, 2.75) is 63.7 Å². The van der Waals surface area contributed by atoms with Gasteiger partial charge in [0.05, 0.1) is 38.3 Å². The maximum Gasteiger partial charge on any atom is 0.245 e. The highest BCUT2D eigenvalue weighted by Gasteiger charge is 2.26. The van der Waals surface area contributed by atoms with Gasteiger partial charge in [-0.3, -0.25) is 38.4 Å². The second kappa shape index (κ2) is 17.5. The van der Waals surface area contributed by atoms with Crippen LogP contribution in [0.5, 0.6) is 0 Å². The molecule has 1 fully saturated rings. The Morgan fingerprint density at radius 3 is 1.88 bits per heavy atom. The lowest BCUT2D eigenvalue weighted by atomic mass is 10.1. The molecule has 40 heavy (non-hydrogen) atoms. The van der Waals surface area contributed by atoms with Crippen molar-refractivity contribution in [2.75, 3.05) is 32.8 Å². The second-order valence-corrected chi connectivity index (χ2v) is 9.13. The zero-order valence-corrected chi connectivity index (χ0v) is 22.5. The topological polar surface area (TPSA) is 267 Å². The predicted molar refractivity (Wildman–Crippen MR) is 138 cm³/mol. The average molecular weight is 571 g/mol. The van der Waals surface area contributed by atoms with Gasteiger partial charge in [0.1, 0.15) is 12.1 Å². The van der Waals surface area contributed by atoms with Crippen LogP contribution in [-0.2, 0) is 38.4 Å². The van der Waals surface area contributed by atoms with Gasteiger partial charge in [-0.1, -0.05) is 0 Å². The highest BCUT2D eigenvalue weighted by Crippen LogP contribution is 2.04. The summed E-state index contributed by atoms with van der Waals surface area (Å²) in [6.07, 6.45) is 1.02. The first-order valence-electron chi connectivity index (χ1n) is 12.7. The predicted octanol–water partition coefficient (Wildman–Crippen LogP) is -5.59. The number of rotatable bonds is 17. The maximum absolute atomic E-state index is 12.6. The van der Waals surface area contributed by atoms with Crippen molar-refractivity contribution in [3.8, 4) is 0 Å². The number of Topliss-reactive ketones (excluding diaryl/α,β-unsaturated/α-hetero) is 1. The summed E-state index contributed by atoms with van der Waals surface area (Å²) in [6, 6.07) is -3.88. The van der Waals surface area contributed by atoms with Crippen molar-refractivity contribution in [1.82, 2.24) is 37.2 Å². The molecule has 0 saturated carbocycles. The first-order valence-corrected chi connectivity index (χ1v) is 12.7. The molecule has 0 spiro atoms. The van der Waals surface area contributed by atoms with Gasteiger partial charge >= 0.3 is 0 Å². The molecule has 17 nitrogen and oxygen atoms in total. The molecule has 4 unspecified atom stereocenters. The summed E-state index contributed by atoms with van der Waals surface area (Å²) in [6.45, 7) is 1.01. The zero-order chi connectivity index (χ0) is 30.2. The molecule has 17 heteroatoms. The Hall–Kier alpha value is -4.12. The molecule has 10 N–H and O–H groups in total. The third-order valence-electron chi connectivity index (χ3n) is 5.80. The number of hydrogen-bond donors (Lipinski definition) is 9. The molecule has 1 aliphatic rings. The molecule has 1 rings (SSSR count). The zero-order valence-electron chi connectivity index (χ0n) is 22.5. The standard InChI is InChI=1S/C23H38N8O9/c1-12(13(2)33)29-18(35)8-28-23(40)16(11-32)31-20(37)10-27-22(39)15(5-6-17(24)34)30-19(36)9-26-21(38)14-4-3-7-25-14/h12,14-16,25,32H,3-11H2,1-2H3,(H2,24,34)(H,26,38)(H,27,39)(H,28,40)(H,29,35)(H,30,36)(H,31,37). The number of ketones is 1. The average Bonchev–Trinajstić information content (AvgIpc) is 3.45. The third kappa shape index (κ3) is 13.1. The Labute approximate surface area is 230 Å². The van der Waals surface area contributed by atoms with E-state index in [1.165, 1.54) is 13.8 Å². The normalized spacial score (nSPS) is 16.4. The summed E-state index contributed by atoms with van der Waals surface area (Å²) in [5.74, 6) is -5.37. The van der Waals surface area contributed by atoms with Crippen LogP contribution in [0.15, 0.2) is 0 Å². The van der Waals surface area contributed by atoms with E-state index in [9.17, 15) is 43.5 Å². The van der Waals surface area contributed by atoms with Crippen molar-refractivity contribution in [2.24, 2.45) is 5.73 Å². The summed E-state index contributed by atoms with van der Waals surface area (Å²) < 4.78 is 0. The molecular weight excluding hydrogens is 532 g/mol. The van der Waals surface area contributed by atoms with Gasteiger partial charge in [0.15, 0.2) is 5.78 Å². The Morgan fingerprint density at radius 2 is 1.38 bits per heavy atom. The van der Waals surface area contributed by atoms with E-state index in [1.807, 2.05) is 0 Å². The summed E-state index contributed by atoms with van der Waals surface area (Å²) >= 11 is 0. The van der Waals surface area contributed by atoms with Crippen molar-refractivity contribution >= 4 is 47.1 Å². The summed E-state index contributed by atoms with van der Waals surface area (Å²) in [5.41, 5.74) is 5.13. The monoisotopic (exact) mass is 570 g/mol. The Morgan fingerprint density at radius 1 is 0.850 bits per heavy atom. The van der Waals surface area contributed by atoms with E-state index in [1.54, 1.807) is 0 Å². The lowest BCUT2D eigenvalue weighted by molar-refractivity contribution is -0.133. The van der Waals surface area contributed by atoms with Gasteiger partial charge in [0.2, 0.25) is 41.4 Å². The second-order valence-electron chi connectivity index (χ2n) is 9.13. The molecule has 1 heterocycles. The number of amides is 7. The van der Waals surface area contributed by atoms with Crippen molar-refractivity contribution < 1.29 is 43.5 Å². The molecule has 4 atom stereocenters. The Bertz CT molecular complexity index is 968. The lowest BCUT2D eigenvalue weighted by Crippen LogP contribution is -2.55. The van der Waals surface area contributed by atoms with E-state index in [2.05, 4.69) is 37.2 Å². The minimum Gasteiger partial charge on any atom is -0.394 e. The van der Waals surface area contributed by atoms with Gasteiger partial charge in [0, 0.05) is 6.42 Å². The lowest BCUT2D eigenvalue weighted by Gasteiger charge is -2.20. The molecular formula is C23H38N8O9. The van der Waals surface area contributed by atoms with Gasteiger partial charge in [0.25, 0.3) is 0 Å². The van der Waals surface area contributed by atoms with Crippen LogP contribution < -0.4 is 43.0 Å². The minimum atomic E-state index is -1.45. The van der Waals surface area contributed by atoms with E-state index < -0.39 is 85.9 Å². The molecule has 0 aromatic heterocycles. The van der Waals surface area contributed by atoms with E-state index in [0.717, 1.165) is 6.42 Å². The highest BCUT2D eigenvalue weighted by atomic mass is 16.3. The number of aliphatic hydroxyl groups is 1. The molecule has 0 aromatic rings. The van der Waals surface area contributed by atoms with E-state index >= 15 is 0 Å². The molecule has 0 radical (unpaired) electrons. The number of nitrogens with one attached hydrogen (secondary N) is 7. The number of nitrogens with two attached hydrogens (primary N) is 1. The molecule has 7 amide bonds. The van der Waals surface area contributed by atoms with Crippen LogP contribution in [-0.4, -0.2) is 109 Å². The van der Waals surface area contributed by atoms with Gasteiger partial charge in [-0.2, -0.15) is 0 Å². The van der Waals surface area contributed by atoms with Crippen LogP contribution in [0.25, 0.3) is 0 Å². The third-order valence-corrected chi connectivity index (χ3v) is 5.80. The van der Waals surface area contributed by atoms with Crippen LogP contribution in [0.4, 0.5) is 0 Å². The SMILES string of the molecule is CC(=O)C(C)NC(=O)CNC(=O)C(CO)NC(=O)CNC(=O)C(CCC(N)=O)NC(=O)CNC(=O)C1CCCN1. The number of primary amides is 1. The first-order chi connectivity index (χ1) is 18.8. The molecule has 1 saturated heterocycles. The molecule has 0 bridgehead atoms. The van der Waals surface area contributed by atoms with E-state index in [0.29, 0.717) is 13.0 Å². The first kappa shape index (κ1) is 33.9. The number of aliphatic hydroxyl groups excluding tert-OH is 1. The van der Waals surface area contributed by atoms with E-state index in [4.69, 9.17) is 5.73 Å². The van der Waals surface area contributed by atoms with Gasteiger partial charge in [-0.25, -0.2) is 0 Å². The van der Waals surface area contributed by atoms with Gasteiger partial charge in [-0.05, 0) is 39.7 Å². The van der Waals surface area contributed by atoms with E-state index in [-0.39, 0.29) is 24.5 Å². The quantitative estimate of drug-likeness (QED) is 0.0800. The van der Waals surface area contributed by atoms with Crippen molar-refractivity contribution in [3.63, 3.8) is 0 Å². The summed E-state index contributed by atoms with van der Waals surface area (Å²) in [5, 5.41) is 26.2. The van der Waals surface area contributed by atoms with Crippen LogP contribution >= 0.6 is 0 Å². The largest absolute Gasteiger partial charge is 0.394 e. The fourth-order valence-electron chi connectivity index (χ4n) is 3.41. The Balaban J connectivity index is 2.56. The van der Waals surface area contributed by atoms with Gasteiger partial charge in [-0.15, -0.1) is 0 Å². The molecule has 0 aliphatic carbocycles. The summed E-state index contributed by atoms with van der Waals surface area (Å²) in [4.78, 5) is 95.5. The fourth-order valence-corrected chi connectivity index (χ4v) is 3.41. The Kier molecular flexibility index (Phi) is 14.8. The van der Waals surface area contributed by atoms with Crippen LogP contribution in [0, 0.1) is 0 Å². The highest BCUT2D eigenvalue weighted by molar-refractivity contribution is 5.95. The number of hydrogen-bond acceptors (Lipinski definition) is 10. The summed E-state index contributed by atoms with van der Waals surface area (Å²) in [7, 11) is 0. The van der Waals surface area contributed by atoms with Crippen LogP contribution in [0.2, 0.25) is 0 Å². The van der Waals surface area contributed by atoms with Crippen LogP contribution in [0.3, 0.4) is 0 Å². The maximum atomic E-state index is 12.6. The number of carbonyl (C=O) groups excluding carboxylic acids is 8. The fraction of sp³-hybridized carbons (Fsp3) is 0.652. The molecule has 0 aromatic carbocycles. The number of carbonyl (C=O) groups is 8. The van der Waals surface area contributed by atoms with Crippen molar-refractivity contribution in [3.05, 3.63) is 0 Å².